The number of hydrogen-bond acceptors (Lipinski definition) is 5. The average Bonchev–Trinajstić information content (AvgIpc) is 2.24. The van der Waals surface area contributed by atoms with Crippen LogP contribution in [0.25, 0.3) is 0 Å². The van der Waals surface area contributed by atoms with Crippen molar-refractivity contribution in [2.45, 2.75) is 51.0 Å². The van der Waals surface area contributed by atoms with Crippen LogP contribution in [0.1, 0.15) is 34.1 Å². The van der Waals surface area contributed by atoms with Crippen LogP contribution in [-0.2, 0) is 14.3 Å². The molecule has 0 aromatic carbocycles. The lowest BCUT2D eigenvalue weighted by molar-refractivity contribution is -0.138. The number of carboxylic acids is 1. The molecule has 20 heavy (non-hydrogen) atoms. The van der Waals surface area contributed by atoms with Gasteiger partial charge in [-0.3, -0.25) is 4.79 Å². The number of alkyl carbamates (subject to hydrolysis) is 1. The van der Waals surface area contributed by atoms with Gasteiger partial charge in [0.2, 0.25) is 5.91 Å². The Hall–Kier alpha value is -1.44. The van der Waals surface area contributed by atoms with Crippen LogP contribution in [0.4, 0.5) is 4.79 Å². The number of nitrogens with two attached hydrogens (primary N) is 1. The highest BCUT2D eigenvalue weighted by molar-refractivity contribution is 8.00. The topological polar surface area (TPSA) is 119 Å². The third kappa shape index (κ3) is 7.88. The lowest BCUT2D eigenvalue weighted by Gasteiger charge is -2.22. The fourth-order valence-corrected chi connectivity index (χ4v) is 2.29. The van der Waals surface area contributed by atoms with Crippen molar-refractivity contribution in [1.82, 2.24) is 5.32 Å². The molecule has 2 amide bonds. The summed E-state index contributed by atoms with van der Waals surface area (Å²) in [6, 6.07) is -1.14. The minimum Gasteiger partial charge on any atom is -0.480 e. The number of thioether (sulfide) groups is 1. The fourth-order valence-electron chi connectivity index (χ4n) is 1.24. The third-order valence-corrected chi connectivity index (χ3v) is 3.64. The number of amides is 2. The largest absolute Gasteiger partial charge is 0.480 e. The Morgan fingerprint density at radius 2 is 1.90 bits per heavy atom. The Morgan fingerprint density at radius 3 is 2.25 bits per heavy atom. The van der Waals surface area contributed by atoms with Gasteiger partial charge in [0.05, 0.1) is 5.25 Å². The van der Waals surface area contributed by atoms with Crippen LogP contribution in [-0.4, -0.2) is 45.7 Å². The molecule has 0 aromatic rings. The maximum atomic E-state index is 11.5. The zero-order valence-electron chi connectivity index (χ0n) is 12.1. The lowest BCUT2D eigenvalue weighted by atomic mass is 10.2. The zero-order chi connectivity index (χ0) is 15.9. The Balaban J connectivity index is 4.48. The second kappa shape index (κ2) is 7.98. The number of carboxylic acid groups (broad SMARTS) is 1. The second-order valence-electron chi connectivity index (χ2n) is 5.17. The van der Waals surface area contributed by atoms with Gasteiger partial charge in [-0.2, -0.15) is 0 Å². The van der Waals surface area contributed by atoms with Crippen LogP contribution in [0, 0.1) is 0 Å². The molecule has 4 N–H and O–H groups in total. The summed E-state index contributed by atoms with van der Waals surface area (Å²) in [6.45, 7) is 6.81. The smallest absolute Gasteiger partial charge is 0.408 e. The first kappa shape index (κ1) is 18.6. The van der Waals surface area contributed by atoms with Crippen LogP contribution in [0.5, 0.6) is 0 Å². The third-order valence-electron chi connectivity index (χ3n) is 2.14. The van der Waals surface area contributed by atoms with Crippen LogP contribution < -0.4 is 11.1 Å². The van der Waals surface area contributed by atoms with E-state index in [9.17, 15) is 14.4 Å². The van der Waals surface area contributed by atoms with Crippen molar-refractivity contribution < 1.29 is 24.2 Å². The first-order valence-corrected chi connectivity index (χ1v) is 7.25. The molecule has 8 heteroatoms. The minimum atomic E-state index is -1.19. The molecule has 116 valence electrons. The fraction of sp³-hybridized carbons (Fsp3) is 0.750. The molecule has 0 spiro atoms. The summed E-state index contributed by atoms with van der Waals surface area (Å²) in [5.41, 5.74) is 4.47. The van der Waals surface area contributed by atoms with E-state index in [0.29, 0.717) is 6.42 Å². The Bertz CT molecular complexity index is 367. The monoisotopic (exact) mass is 306 g/mol. The first-order valence-electron chi connectivity index (χ1n) is 6.20. The summed E-state index contributed by atoms with van der Waals surface area (Å²) in [5, 5.41) is 10.8. The van der Waals surface area contributed by atoms with Gasteiger partial charge < -0.3 is 20.9 Å². The number of ether oxygens (including phenoxy) is 1. The molecule has 2 atom stereocenters. The summed E-state index contributed by atoms with van der Waals surface area (Å²) in [4.78, 5) is 33.7. The maximum Gasteiger partial charge on any atom is 0.408 e. The van der Waals surface area contributed by atoms with Crippen LogP contribution >= 0.6 is 11.8 Å². The van der Waals surface area contributed by atoms with Crippen molar-refractivity contribution in [1.29, 1.82) is 0 Å². The van der Waals surface area contributed by atoms with E-state index in [1.54, 1.807) is 27.7 Å². The number of hydrogen-bond donors (Lipinski definition) is 3. The molecule has 0 saturated carbocycles. The van der Waals surface area contributed by atoms with Crippen molar-refractivity contribution in [2.24, 2.45) is 5.73 Å². The number of carbonyl (C=O) groups is 3. The van der Waals surface area contributed by atoms with Gasteiger partial charge in [0.15, 0.2) is 0 Å². The normalized spacial score (nSPS) is 14.2. The van der Waals surface area contributed by atoms with E-state index in [2.05, 4.69) is 5.32 Å². The van der Waals surface area contributed by atoms with Crippen molar-refractivity contribution >= 4 is 29.7 Å². The summed E-state index contributed by atoms with van der Waals surface area (Å²) in [6.07, 6.45) is -0.309. The molecule has 0 heterocycles. The number of primary amides is 1. The van der Waals surface area contributed by atoms with E-state index >= 15 is 0 Å². The van der Waals surface area contributed by atoms with E-state index in [4.69, 9.17) is 15.6 Å². The van der Waals surface area contributed by atoms with Crippen LogP contribution in [0.15, 0.2) is 0 Å². The summed E-state index contributed by atoms with van der Waals surface area (Å²) in [7, 11) is 0. The highest BCUT2D eigenvalue weighted by atomic mass is 32.2. The van der Waals surface area contributed by atoms with Gasteiger partial charge in [0.1, 0.15) is 11.6 Å². The highest BCUT2D eigenvalue weighted by Gasteiger charge is 2.25. The van der Waals surface area contributed by atoms with Gasteiger partial charge in [-0.15, -0.1) is 11.8 Å². The molecule has 0 aliphatic rings. The van der Waals surface area contributed by atoms with Crippen LogP contribution in [0.3, 0.4) is 0 Å². The molecule has 7 nitrogen and oxygen atoms in total. The Kier molecular flexibility index (Phi) is 7.41. The molecule has 0 fully saturated rings. The average molecular weight is 306 g/mol. The van der Waals surface area contributed by atoms with Gasteiger partial charge >= 0.3 is 12.1 Å². The molecular weight excluding hydrogens is 284 g/mol. The minimum absolute atomic E-state index is 0.0377. The molecule has 0 rings (SSSR count). The van der Waals surface area contributed by atoms with Gasteiger partial charge in [0, 0.05) is 5.75 Å². The van der Waals surface area contributed by atoms with Gasteiger partial charge in [-0.05, 0) is 27.2 Å². The molecule has 0 radical (unpaired) electrons. The quantitative estimate of drug-likeness (QED) is 0.644. The van der Waals surface area contributed by atoms with E-state index in [1.807, 2.05) is 0 Å². The molecule has 0 aliphatic heterocycles. The molecule has 0 bridgehead atoms. The lowest BCUT2D eigenvalue weighted by Crippen LogP contribution is -2.45. The van der Waals surface area contributed by atoms with Crippen molar-refractivity contribution in [3.8, 4) is 0 Å². The summed E-state index contributed by atoms with van der Waals surface area (Å²) in [5.74, 6) is -1.66. The SMILES string of the molecule is CCC(SCC(NC(=O)OC(C)(C)C)C(=O)O)C(N)=O. The standard InChI is InChI=1S/C12H22N2O5S/c1-5-8(9(13)15)20-6-7(10(16)17)14-11(18)19-12(2,3)4/h7-8H,5-6H2,1-4H3,(H2,13,15)(H,14,18)(H,16,17). The summed E-state index contributed by atoms with van der Waals surface area (Å²) < 4.78 is 4.98. The maximum absolute atomic E-state index is 11.5. The van der Waals surface area contributed by atoms with Crippen LogP contribution in [0.2, 0.25) is 0 Å². The number of rotatable bonds is 7. The van der Waals surface area contributed by atoms with E-state index in [-0.39, 0.29) is 5.75 Å². The van der Waals surface area contributed by atoms with E-state index in [1.165, 1.54) is 0 Å². The van der Waals surface area contributed by atoms with Crippen molar-refractivity contribution in [2.75, 3.05) is 5.75 Å². The predicted molar refractivity (Wildman–Crippen MR) is 76.5 cm³/mol. The zero-order valence-corrected chi connectivity index (χ0v) is 13.0. The molecule has 0 aromatic heterocycles. The second-order valence-corrected chi connectivity index (χ2v) is 6.41. The van der Waals surface area contributed by atoms with Gasteiger partial charge in [-0.1, -0.05) is 6.92 Å². The molecular formula is C12H22N2O5S. The van der Waals surface area contributed by atoms with E-state index in [0.717, 1.165) is 11.8 Å². The van der Waals surface area contributed by atoms with Gasteiger partial charge in [-0.25, -0.2) is 9.59 Å². The van der Waals surface area contributed by atoms with Crippen molar-refractivity contribution in [3.05, 3.63) is 0 Å². The highest BCUT2D eigenvalue weighted by Crippen LogP contribution is 2.16. The Labute approximate surface area is 122 Å². The number of aliphatic carboxylic acids is 1. The molecule has 0 saturated heterocycles. The van der Waals surface area contributed by atoms with Crippen molar-refractivity contribution in [3.63, 3.8) is 0 Å². The van der Waals surface area contributed by atoms with Gasteiger partial charge in [0.25, 0.3) is 0 Å². The molecule has 0 aliphatic carbocycles. The van der Waals surface area contributed by atoms with E-state index < -0.39 is 34.9 Å². The molecule has 2 unspecified atom stereocenters. The number of nitrogens with one attached hydrogen (secondary N) is 1. The first-order chi connectivity index (χ1) is 9.06. The number of carbonyl (C=O) groups excluding carboxylic acids is 2. The predicted octanol–water partition coefficient (Wildman–Crippen LogP) is 0.961. The summed E-state index contributed by atoms with van der Waals surface area (Å²) >= 11 is 1.10. The Morgan fingerprint density at radius 1 is 1.35 bits per heavy atom.